The van der Waals surface area contributed by atoms with Crippen LogP contribution in [-0.4, -0.2) is 45.6 Å². The minimum Gasteiger partial charge on any atom is -0.369 e. The average molecular weight is 307 g/mol. The van der Waals surface area contributed by atoms with Gasteiger partial charge >= 0.3 is 0 Å². The Kier molecular flexibility index (Phi) is 4.85. The number of aryl methyl sites for hydroxylation is 2. The number of hydrogen-bond donors (Lipinski definition) is 2. The number of aromatic nitrogens is 2. The second-order valence-corrected chi connectivity index (χ2v) is 6.17. The molecule has 7 heteroatoms. The molecule has 1 fully saturated rings. The summed E-state index contributed by atoms with van der Waals surface area (Å²) in [7, 11) is 1.85. The van der Waals surface area contributed by atoms with Gasteiger partial charge in [-0.1, -0.05) is 0 Å². The Bertz CT molecular complexity index is 581. The maximum absolute atomic E-state index is 12.3. The van der Waals surface area contributed by atoms with Crippen LogP contribution >= 0.6 is 0 Å². The van der Waals surface area contributed by atoms with Gasteiger partial charge in [-0.2, -0.15) is 5.10 Å². The van der Waals surface area contributed by atoms with Crippen LogP contribution in [0.4, 0.5) is 5.69 Å². The van der Waals surface area contributed by atoms with Crippen LogP contribution in [0, 0.1) is 19.8 Å². The molecule has 0 aromatic carbocycles. The maximum Gasteiger partial charge on any atom is 0.238 e. The van der Waals surface area contributed by atoms with E-state index < -0.39 is 0 Å². The van der Waals surface area contributed by atoms with E-state index in [0.717, 1.165) is 29.9 Å². The maximum atomic E-state index is 12.3. The predicted octanol–water partition coefficient (Wildman–Crippen LogP) is 0.561. The summed E-state index contributed by atoms with van der Waals surface area (Å²) < 4.78 is 1.75. The fourth-order valence-corrected chi connectivity index (χ4v) is 2.95. The number of nitrogens with zero attached hydrogens (tertiary/aromatic N) is 3. The van der Waals surface area contributed by atoms with Crippen molar-refractivity contribution in [1.29, 1.82) is 0 Å². The van der Waals surface area contributed by atoms with E-state index in [1.807, 2.05) is 25.8 Å². The van der Waals surface area contributed by atoms with Crippen LogP contribution < -0.4 is 11.1 Å². The Balaban J connectivity index is 2.00. The van der Waals surface area contributed by atoms with E-state index >= 15 is 0 Å². The highest BCUT2D eigenvalue weighted by atomic mass is 16.2. The second-order valence-electron chi connectivity index (χ2n) is 6.17. The molecule has 1 aromatic heterocycles. The van der Waals surface area contributed by atoms with Crippen LogP contribution in [0.15, 0.2) is 0 Å². The molecular weight excluding hydrogens is 282 g/mol. The molecule has 0 unspecified atom stereocenters. The van der Waals surface area contributed by atoms with Crippen LogP contribution in [0.5, 0.6) is 0 Å². The first-order valence-electron chi connectivity index (χ1n) is 7.63. The van der Waals surface area contributed by atoms with Crippen molar-refractivity contribution in [3.8, 4) is 0 Å². The number of carbonyl (C=O) groups is 2. The van der Waals surface area contributed by atoms with E-state index in [-0.39, 0.29) is 30.3 Å². The van der Waals surface area contributed by atoms with E-state index in [2.05, 4.69) is 17.3 Å². The fourth-order valence-electron chi connectivity index (χ4n) is 2.95. The quantitative estimate of drug-likeness (QED) is 0.850. The third kappa shape index (κ3) is 3.47. The van der Waals surface area contributed by atoms with Gasteiger partial charge in [0.2, 0.25) is 11.8 Å². The summed E-state index contributed by atoms with van der Waals surface area (Å²) in [5.41, 5.74) is 7.89. The van der Waals surface area contributed by atoms with Gasteiger partial charge < -0.3 is 11.1 Å². The molecular formula is C15H25N5O2. The molecule has 7 nitrogen and oxygen atoms in total. The second kappa shape index (κ2) is 6.48. The van der Waals surface area contributed by atoms with Crippen molar-refractivity contribution in [3.05, 3.63) is 11.4 Å². The summed E-state index contributed by atoms with van der Waals surface area (Å²) in [5.74, 6) is -0.529. The van der Waals surface area contributed by atoms with Gasteiger partial charge in [0, 0.05) is 19.6 Å². The minimum atomic E-state index is -0.281. The van der Waals surface area contributed by atoms with Crippen molar-refractivity contribution in [3.63, 3.8) is 0 Å². The van der Waals surface area contributed by atoms with Gasteiger partial charge in [0.15, 0.2) is 0 Å². The number of piperidine rings is 1. The van der Waals surface area contributed by atoms with Gasteiger partial charge in [-0.15, -0.1) is 0 Å². The molecule has 2 heterocycles. The van der Waals surface area contributed by atoms with Crippen LogP contribution in [0.25, 0.3) is 0 Å². The monoisotopic (exact) mass is 307 g/mol. The van der Waals surface area contributed by atoms with Gasteiger partial charge in [-0.25, -0.2) is 0 Å². The van der Waals surface area contributed by atoms with Gasteiger partial charge in [0.05, 0.1) is 29.5 Å². The number of nitrogens with one attached hydrogen (secondary N) is 1. The molecule has 122 valence electrons. The minimum absolute atomic E-state index is 0.0869. The average Bonchev–Trinajstić information content (AvgIpc) is 2.67. The molecule has 2 amide bonds. The first-order chi connectivity index (χ1) is 10.3. The van der Waals surface area contributed by atoms with E-state index in [1.54, 1.807) is 4.68 Å². The lowest BCUT2D eigenvalue weighted by atomic mass is 9.93. The Morgan fingerprint density at radius 1 is 1.36 bits per heavy atom. The third-order valence-electron chi connectivity index (χ3n) is 4.53. The zero-order valence-corrected chi connectivity index (χ0v) is 13.7. The van der Waals surface area contributed by atoms with E-state index in [9.17, 15) is 9.59 Å². The first-order valence-corrected chi connectivity index (χ1v) is 7.63. The highest BCUT2D eigenvalue weighted by Crippen LogP contribution is 2.22. The summed E-state index contributed by atoms with van der Waals surface area (Å²) >= 11 is 0. The van der Waals surface area contributed by atoms with Crippen LogP contribution in [0.3, 0.4) is 0 Å². The molecule has 2 atom stereocenters. The smallest absolute Gasteiger partial charge is 0.238 e. The van der Waals surface area contributed by atoms with Crippen molar-refractivity contribution in [2.24, 2.45) is 18.7 Å². The molecule has 0 saturated carbocycles. The number of rotatable bonds is 4. The van der Waals surface area contributed by atoms with Gasteiger partial charge in [0.1, 0.15) is 0 Å². The molecule has 1 saturated heterocycles. The summed E-state index contributed by atoms with van der Waals surface area (Å²) in [4.78, 5) is 25.7. The number of anilines is 1. The van der Waals surface area contributed by atoms with E-state index in [0.29, 0.717) is 6.54 Å². The highest BCUT2D eigenvalue weighted by molar-refractivity contribution is 5.93. The number of carbonyl (C=O) groups excluding carboxylic acids is 2. The lowest BCUT2D eigenvalue weighted by Gasteiger charge is -2.36. The van der Waals surface area contributed by atoms with Crippen LogP contribution in [0.2, 0.25) is 0 Å². The Morgan fingerprint density at radius 2 is 2.05 bits per heavy atom. The topological polar surface area (TPSA) is 93.2 Å². The van der Waals surface area contributed by atoms with E-state index in [1.165, 1.54) is 0 Å². The molecule has 1 aliphatic heterocycles. The van der Waals surface area contributed by atoms with Gasteiger partial charge in [-0.05, 0) is 33.6 Å². The SMILES string of the molecule is Cc1nn(C)c(C)c1NC(=O)CN1C[C@H](C(N)=O)CC[C@@H]1C. The van der Waals surface area contributed by atoms with Crippen molar-refractivity contribution in [2.75, 3.05) is 18.4 Å². The number of hydrogen-bond acceptors (Lipinski definition) is 4. The largest absolute Gasteiger partial charge is 0.369 e. The number of primary amides is 1. The normalized spacial score (nSPS) is 22.5. The summed E-state index contributed by atoms with van der Waals surface area (Å²) in [6.45, 7) is 6.68. The molecule has 0 aliphatic carbocycles. The Morgan fingerprint density at radius 3 is 2.59 bits per heavy atom. The lowest BCUT2D eigenvalue weighted by Crippen LogP contribution is -2.48. The zero-order valence-electron chi connectivity index (χ0n) is 13.7. The molecule has 2 rings (SSSR count). The van der Waals surface area contributed by atoms with Crippen molar-refractivity contribution >= 4 is 17.5 Å². The van der Waals surface area contributed by atoms with Gasteiger partial charge in [-0.3, -0.25) is 19.2 Å². The molecule has 0 bridgehead atoms. The standard InChI is InChI=1S/C15H25N5O2/c1-9-5-6-12(15(16)22)7-20(9)8-13(21)17-14-10(2)18-19(4)11(14)3/h9,12H,5-8H2,1-4H3,(H2,16,22)(H,17,21)/t9-,12+/m0/s1. The molecule has 1 aromatic rings. The summed E-state index contributed by atoms with van der Waals surface area (Å²) in [5, 5.41) is 7.22. The molecule has 3 N–H and O–H groups in total. The molecule has 22 heavy (non-hydrogen) atoms. The number of likely N-dealkylation sites (tertiary alicyclic amines) is 1. The first kappa shape index (κ1) is 16.5. The summed E-state index contributed by atoms with van der Waals surface area (Å²) in [6.07, 6.45) is 1.68. The number of amides is 2. The van der Waals surface area contributed by atoms with Gasteiger partial charge in [0.25, 0.3) is 0 Å². The fraction of sp³-hybridized carbons (Fsp3) is 0.667. The van der Waals surface area contributed by atoms with Crippen LogP contribution in [-0.2, 0) is 16.6 Å². The summed E-state index contributed by atoms with van der Waals surface area (Å²) in [6, 6.07) is 0.275. The van der Waals surface area contributed by atoms with Crippen molar-refractivity contribution in [2.45, 2.75) is 39.7 Å². The lowest BCUT2D eigenvalue weighted by molar-refractivity contribution is -0.126. The third-order valence-corrected chi connectivity index (χ3v) is 4.53. The van der Waals surface area contributed by atoms with Crippen LogP contribution in [0.1, 0.15) is 31.2 Å². The Hall–Kier alpha value is -1.89. The highest BCUT2D eigenvalue weighted by Gasteiger charge is 2.29. The molecule has 0 spiro atoms. The van der Waals surface area contributed by atoms with Crippen molar-refractivity contribution < 1.29 is 9.59 Å². The predicted molar refractivity (Wildman–Crippen MR) is 84.3 cm³/mol. The van der Waals surface area contributed by atoms with E-state index in [4.69, 9.17) is 5.73 Å². The zero-order chi connectivity index (χ0) is 16.4. The number of nitrogens with two attached hydrogens (primary N) is 1. The Labute approximate surface area is 130 Å². The van der Waals surface area contributed by atoms with Crippen molar-refractivity contribution in [1.82, 2.24) is 14.7 Å². The molecule has 1 aliphatic rings. The molecule has 0 radical (unpaired) electrons.